The standard InChI is InChI=1S/C10H23N/c1-6-8-9(11-5)10(3,4)7-2/h9,11H,6-8H2,1-5H3. The number of rotatable bonds is 5. The quantitative estimate of drug-likeness (QED) is 0.647. The van der Waals surface area contributed by atoms with E-state index in [0.29, 0.717) is 11.5 Å². The maximum atomic E-state index is 3.39. The zero-order chi connectivity index (χ0) is 8.91. The molecule has 0 amide bonds. The van der Waals surface area contributed by atoms with E-state index in [0.717, 1.165) is 0 Å². The third-order valence-electron chi connectivity index (χ3n) is 2.78. The van der Waals surface area contributed by atoms with E-state index in [9.17, 15) is 0 Å². The Balaban J connectivity index is 3.99. The van der Waals surface area contributed by atoms with Crippen LogP contribution in [0.15, 0.2) is 0 Å². The fourth-order valence-electron chi connectivity index (χ4n) is 1.46. The molecule has 0 aromatic carbocycles. The van der Waals surface area contributed by atoms with Crippen LogP contribution in [0.1, 0.15) is 47.0 Å². The lowest BCUT2D eigenvalue weighted by Crippen LogP contribution is -2.39. The van der Waals surface area contributed by atoms with Gasteiger partial charge in [-0.15, -0.1) is 0 Å². The van der Waals surface area contributed by atoms with Gasteiger partial charge in [-0.2, -0.15) is 0 Å². The van der Waals surface area contributed by atoms with E-state index in [2.05, 4.69) is 40.1 Å². The van der Waals surface area contributed by atoms with Crippen molar-refractivity contribution in [3.05, 3.63) is 0 Å². The third-order valence-corrected chi connectivity index (χ3v) is 2.78. The first-order valence-electron chi connectivity index (χ1n) is 4.75. The molecule has 0 radical (unpaired) electrons. The van der Waals surface area contributed by atoms with Crippen LogP contribution in [0.4, 0.5) is 0 Å². The van der Waals surface area contributed by atoms with Gasteiger partial charge in [-0.1, -0.05) is 34.1 Å². The van der Waals surface area contributed by atoms with Crippen molar-refractivity contribution in [1.82, 2.24) is 5.32 Å². The average Bonchev–Trinajstić information content (AvgIpc) is 2.00. The monoisotopic (exact) mass is 157 g/mol. The lowest BCUT2D eigenvalue weighted by Gasteiger charge is -2.33. The summed E-state index contributed by atoms with van der Waals surface area (Å²) >= 11 is 0. The molecule has 11 heavy (non-hydrogen) atoms. The third kappa shape index (κ3) is 3.24. The van der Waals surface area contributed by atoms with E-state index in [-0.39, 0.29) is 0 Å². The first-order chi connectivity index (χ1) is 5.08. The maximum Gasteiger partial charge on any atom is 0.0115 e. The van der Waals surface area contributed by atoms with Gasteiger partial charge in [-0.25, -0.2) is 0 Å². The minimum Gasteiger partial charge on any atom is -0.316 e. The van der Waals surface area contributed by atoms with Gasteiger partial charge < -0.3 is 5.32 Å². The smallest absolute Gasteiger partial charge is 0.0115 e. The van der Waals surface area contributed by atoms with Crippen molar-refractivity contribution < 1.29 is 0 Å². The molecule has 0 aliphatic carbocycles. The maximum absolute atomic E-state index is 3.39. The summed E-state index contributed by atoms with van der Waals surface area (Å²) in [5.74, 6) is 0. The summed E-state index contributed by atoms with van der Waals surface area (Å²) in [5, 5.41) is 3.39. The molecule has 0 aromatic heterocycles. The minimum absolute atomic E-state index is 0.449. The molecule has 68 valence electrons. The van der Waals surface area contributed by atoms with Gasteiger partial charge in [0.05, 0.1) is 0 Å². The summed E-state index contributed by atoms with van der Waals surface area (Å²) in [7, 11) is 2.07. The first kappa shape index (κ1) is 11.0. The van der Waals surface area contributed by atoms with Gasteiger partial charge in [0.1, 0.15) is 0 Å². The highest BCUT2D eigenvalue weighted by Crippen LogP contribution is 2.27. The van der Waals surface area contributed by atoms with Crippen molar-refractivity contribution in [1.29, 1.82) is 0 Å². The van der Waals surface area contributed by atoms with Crippen LogP contribution < -0.4 is 5.32 Å². The fraction of sp³-hybridized carbons (Fsp3) is 1.00. The molecular formula is C10H23N. The SMILES string of the molecule is CCCC(NC)C(C)(C)CC. The highest BCUT2D eigenvalue weighted by molar-refractivity contribution is 4.81. The van der Waals surface area contributed by atoms with E-state index in [1.54, 1.807) is 0 Å². The van der Waals surface area contributed by atoms with E-state index < -0.39 is 0 Å². The molecule has 0 saturated carbocycles. The number of hydrogen-bond donors (Lipinski definition) is 1. The number of hydrogen-bond acceptors (Lipinski definition) is 1. The Labute approximate surface area is 71.6 Å². The van der Waals surface area contributed by atoms with Gasteiger partial charge >= 0.3 is 0 Å². The van der Waals surface area contributed by atoms with E-state index in [4.69, 9.17) is 0 Å². The molecule has 0 aromatic rings. The van der Waals surface area contributed by atoms with Crippen LogP contribution in [-0.2, 0) is 0 Å². The van der Waals surface area contributed by atoms with Gasteiger partial charge in [-0.3, -0.25) is 0 Å². The molecule has 1 nitrogen and oxygen atoms in total. The zero-order valence-corrected chi connectivity index (χ0v) is 8.70. The molecule has 1 N–H and O–H groups in total. The highest BCUT2D eigenvalue weighted by atomic mass is 14.9. The second-order valence-electron chi connectivity index (χ2n) is 3.97. The fourth-order valence-corrected chi connectivity index (χ4v) is 1.46. The Morgan fingerprint density at radius 1 is 1.27 bits per heavy atom. The molecule has 1 unspecified atom stereocenters. The molecule has 0 aliphatic rings. The average molecular weight is 157 g/mol. The van der Waals surface area contributed by atoms with Gasteiger partial charge in [0.2, 0.25) is 0 Å². The Hall–Kier alpha value is -0.0400. The van der Waals surface area contributed by atoms with Gasteiger partial charge in [-0.05, 0) is 25.3 Å². The van der Waals surface area contributed by atoms with Crippen LogP contribution in [0.3, 0.4) is 0 Å². The summed E-state index contributed by atoms with van der Waals surface area (Å²) in [6, 6.07) is 0.678. The van der Waals surface area contributed by atoms with E-state index >= 15 is 0 Å². The predicted octanol–water partition coefficient (Wildman–Crippen LogP) is 2.81. The molecule has 0 fully saturated rings. The van der Waals surface area contributed by atoms with Crippen molar-refractivity contribution in [2.75, 3.05) is 7.05 Å². The summed E-state index contributed by atoms with van der Waals surface area (Å²) in [6.45, 7) is 9.18. The second-order valence-corrected chi connectivity index (χ2v) is 3.97. The second kappa shape index (κ2) is 4.76. The summed E-state index contributed by atoms with van der Waals surface area (Å²) in [4.78, 5) is 0. The lowest BCUT2D eigenvalue weighted by atomic mass is 9.80. The molecule has 0 rings (SSSR count). The Morgan fingerprint density at radius 3 is 2.09 bits per heavy atom. The van der Waals surface area contributed by atoms with Gasteiger partial charge in [0.15, 0.2) is 0 Å². The van der Waals surface area contributed by atoms with Crippen molar-refractivity contribution in [3.63, 3.8) is 0 Å². The van der Waals surface area contributed by atoms with Gasteiger partial charge in [0, 0.05) is 6.04 Å². The molecule has 1 atom stereocenters. The molecule has 0 spiro atoms. The van der Waals surface area contributed by atoms with Crippen molar-refractivity contribution >= 4 is 0 Å². The molecule has 0 heterocycles. The molecular weight excluding hydrogens is 134 g/mol. The topological polar surface area (TPSA) is 12.0 Å². The van der Waals surface area contributed by atoms with Crippen molar-refractivity contribution in [2.24, 2.45) is 5.41 Å². The lowest BCUT2D eigenvalue weighted by molar-refractivity contribution is 0.229. The Kier molecular flexibility index (Phi) is 4.74. The van der Waals surface area contributed by atoms with E-state index in [1.807, 2.05) is 0 Å². The van der Waals surface area contributed by atoms with Crippen LogP contribution in [0.25, 0.3) is 0 Å². The molecule has 0 bridgehead atoms. The summed E-state index contributed by atoms with van der Waals surface area (Å²) in [5.41, 5.74) is 0.449. The molecule has 1 heteroatoms. The number of nitrogens with one attached hydrogen (secondary N) is 1. The van der Waals surface area contributed by atoms with Crippen molar-refractivity contribution in [2.45, 2.75) is 53.0 Å². The largest absolute Gasteiger partial charge is 0.316 e. The summed E-state index contributed by atoms with van der Waals surface area (Å²) < 4.78 is 0. The minimum atomic E-state index is 0.449. The van der Waals surface area contributed by atoms with E-state index in [1.165, 1.54) is 19.3 Å². The predicted molar refractivity (Wildman–Crippen MR) is 51.8 cm³/mol. The van der Waals surface area contributed by atoms with Crippen LogP contribution in [0, 0.1) is 5.41 Å². The van der Waals surface area contributed by atoms with Crippen LogP contribution in [-0.4, -0.2) is 13.1 Å². The summed E-state index contributed by atoms with van der Waals surface area (Å²) in [6.07, 6.45) is 3.81. The van der Waals surface area contributed by atoms with Crippen molar-refractivity contribution in [3.8, 4) is 0 Å². The molecule has 0 saturated heterocycles. The first-order valence-corrected chi connectivity index (χ1v) is 4.75. The van der Waals surface area contributed by atoms with Gasteiger partial charge in [0.25, 0.3) is 0 Å². The molecule has 0 aliphatic heterocycles. The van der Waals surface area contributed by atoms with Crippen LogP contribution in [0.5, 0.6) is 0 Å². The van der Waals surface area contributed by atoms with Crippen LogP contribution >= 0.6 is 0 Å². The Morgan fingerprint density at radius 2 is 1.82 bits per heavy atom. The highest BCUT2D eigenvalue weighted by Gasteiger charge is 2.24. The Bertz CT molecular complexity index is 97.0. The van der Waals surface area contributed by atoms with Crippen LogP contribution in [0.2, 0.25) is 0 Å². The normalized spacial score (nSPS) is 15.0. The zero-order valence-electron chi connectivity index (χ0n) is 8.70.